The number of nitrogens with zero attached hydrogens (tertiary/aromatic N) is 1. The molecular formula is C21H14BrCl2FN2O2. The lowest BCUT2D eigenvalue weighted by Crippen LogP contribution is -2.17. The molecule has 0 atom stereocenters. The minimum absolute atomic E-state index is 0.287. The number of nitrogens with one attached hydrogen (secondary N) is 1. The molecule has 29 heavy (non-hydrogen) atoms. The Balaban J connectivity index is 1.58. The van der Waals surface area contributed by atoms with Crippen LogP contribution in [0.25, 0.3) is 0 Å². The number of benzene rings is 3. The Kier molecular flexibility index (Phi) is 7.25. The molecule has 148 valence electrons. The number of ether oxygens (including phenoxy) is 1. The van der Waals surface area contributed by atoms with Gasteiger partial charge in [0.05, 0.1) is 20.7 Å². The van der Waals surface area contributed by atoms with Crippen molar-refractivity contribution >= 4 is 51.3 Å². The Morgan fingerprint density at radius 2 is 1.83 bits per heavy atom. The molecule has 0 spiro atoms. The quantitative estimate of drug-likeness (QED) is 0.325. The van der Waals surface area contributed by atoms with Crippen molar-refractivity contribution in [3.8, 4) is 5.75 Å². The first-order valence-corrected chi connectivity index (χ1v) is 9.92. The van der Waals surface area contributed by atoms with Crippen LogP contribution < -0.4 is 10.2 Å². The molecule has 0 aromatic heterocycles. The molecular weight excluding hydrogens is 482 g/mol. The molecule has 0 radical (unpaired) electrons. The molecule has 0 aliphatic carbocycles. The van der Waals surface area contributed by atoms with Crippen molar-refractivity contribution in [2.24, 2.45) is 5.10 Å². The van der Waals surface area contributed by atoms with Gasteiger partial charge in [-0.2, -0.15) is 5.10 Å². The first-order valence-electron chi connectivity index (χ1n) is 8.37. The van der Waals surface area contributed by atoms with Crippen molar-refractivity contribution < 1.29 is 13.9 Å². The van der Waals surface area contributed by atoms with E-state index >= 15 is 0 Å². The van der Waals surface area contributed by atoms with Gasteiger partial charge in [0, 0.05) is 5.56 Å². The van der Waals surface area contributed by atoms with Crippen LogP contribution in [0, 0.1) is 5.82 Å². The lowest BCUT2D eigenvalue weighted by atomic mass is 10.2. The van der Waals surface area contributed by atoms with Gasteiger partial charge in [-0.3, -0.25) is 4.79 Å². The summed E-state index contributed by atoms with van der Waals surface area (Å²) in [5.74, 6) is -0.0609. The fraction of sp³-hybridized carbons (Fsp3) is 0.0476. The van der Waals surface area contributed by atoms with Crippen LogP contribution in [0.3, 0.4) is 0 Å². The highest BCUT2D eigenvalue weighted by atomic mass is 79.9. The summed E-state index contributed by atoms with van der Waals surface area (Å²) in [5, 5.41) is 4.61. The Hall–Kier alpha value is -2.41. The van der Waals surface area contributed by atoms with E-state index in [4.69, 9.17) is 27.9 Å². The molecule has 0 aliphatic heterocycles. The molecule has 4 nitrogen and oxygen atoms in total. The predicted molar refractivity (Wildman–Crippen MR) is 116 cm³/mol. The highest BCUT2D eigenvalue weighted by molar-refractivity contribution is 9.10. The van der Waals surface area contributed by atoms with E-state index in [0.29, 0.717) is 28.0 Å². The highest BCUT2D eigenvalue weighted by Gasteiger charge is 2.07. The lowest BCUT2D eigenvalue weighted by molar-refractivity contribution is 0.0955. The van der Waals surface area contributed by atoms with Crippen LogP contribution in [-0.2, 0) is 6.61 Å². The van der Waals surface area contributed by atoms with E-state index in [1.54, 1.807) is 42.5 Å². The van der Waals surface area contributed by atoms with Crippen LogP contribution in [0.1, 0.15) is 21.5 Å². The van der Waals surface area contributed by atoms with Crippen molar-refractivity contribution in [2.75, 3.05) is 0 Å². The summed E-state index contributed by atoms with van der Waals surface area (Å²) >= 11 is 15.2. The summed E-state index contributed by atoms with van der Waals surface area (Å²) in [6.45, 7) is 0.312. The van der Waals surface area contributed by atoms with Gasteiger partial charge in [0.2, 0.25) is 0 Å². The molecule has 1 amide bonds. The molecule has 0 saturated carbocycles. The van der Waals surface area contributed by atoms with Crippen LogP contribution >= 0.6 is 39.1 Å². The lowest BCUT2D eigenvalue weighted by Gasteiger charge is -2.09. The van der Waals surface area contributed by atoms with Crippen molar-refractivity contribution in [2.45, 2.75) is 6.61 Å². The third-order valence-corrected chi connectivity index (χ3v) is 5.18. The zero-order valence-electron chi connectivity index (χ0n) is 14.8. The number of hydrogen-bond acceptors (Lipinski definition) is 3. The summed E-state index contributed by atoms with van der Waals surface area (Å²) in [5.41, 5.74) is 4.39. The highest BCUT2D eigenvalue weighted by Crippen LogP contribution is 2.26. The van der Waals surface area contributed by atoms with Gasteiger partial charge in [0.25, 0.3) is 5.91 Å². The van der Waals surface area contributed by atoms with E-state index < -0.39 is 5.91 Å². The van der Waals surface area contributed by atoms with Gasteiger partial charge in [-0.1, -0.05) is 35.3 Å². The summed E-state index contributed by atoms with van der Waals surface area (Å²) < 4.78 is 19.4. The number of carbonyl (C=O) groups excluding carboxylic acids is 1. The third kappa shape index (κ3) is 6.03. The van der Waals surface area contributed by atoms with Crippen LogP contribution in [0.4, 0.5) is 4.39 Å². The first-order chi connectivity index (χ1) is 13.9. The first kappa shape index (κ1) is 21.3. The van der Waals surface area contributed by atoms with Gasteiger partial charge in [-0.25, -0.2) is 9.82 Å². The van der Waals surface area contributed by atoms with Gasteiger partial charge in [0.1, 0.15) is 18.2 Å². The van der Waals surface area contributed by atoms with Crippen LogP contribution in [-0.4, -0.2) is 12.1 Å². The fourth-order valence-electron chi connectivity index (χ4n) is 2.32. The average Bonchev–Trinajstić information content (AvgIpc) is 2.70. The SMILES string of the molecule is O=C(N/N=C\c1ccc(OCc2ccc(F)cc2)c(Br)c1)c1ccc(Cl)c(Cl)c1. The molecule has 3 rings (SSSR count). The summed E-state index contributed by atoms with van der Waals surface area (Å²) in [6.07, 6.45) is 1.50. The minimum atomic E-state index is -0.405. The van der Waals surface area contributed by atoms with E-state index in [-0.39, 0.29) is 5.82 Å². The monoisotopic (exact) mass is 494 g/mol. The van der Waals surface area contributed by atoms with Crippen molar-refractivity contribution in [1.29, 1.82) is 0 Å². The van der Waals surface area contributed by atoms with Crippen molar-refractivity contribution in [3.05, 3.63) is 97.7 Å². The molecule has 8 heteroatoms. The standard InChI is InChI=1S/C21H14BrCl2FN2O2/c22-17-9-14(3-8-20(17)29-12-13-1-5-16(25)6-2-13)11-26-27-21(28)15-4-7-18(23)19(24)10-15/h1-11H,12H2,(H,27,28)/b26-11-. The second-order valence-electron chi connectivity index (χ2n) is 5.93. The van der Waals surface area contributed by atoms with Crippen LogP contribution in [0.15, 0.2) is 70.2 Å². The maximum absolute atomic E-state index is 12.9. The number of hydrazone groups is 1. The Labute approximate surface area is 185 Å². The van der Waals surface area contributed by atoms with Crippen molar-refractivity contribution in [1.82, 2.24) is 5.43 Å². The molecule has 3 aromatic carbocycles. The van der Waals surface area contributed by atoms with Gasteiger partial charge >= 0.3 is 0 Å². The number of halogens is 4. The molecule has 0 aliphatic rings. The molecule has 0 fully saturated rings. The van der Waals surface area contributed by atoms with Gasteiger partial charge in [-0.05, 0) is 75.6 Å². The van der Waals surface area contributed by atoms with E-state index in [0.717, 1.165) is 15.6 Å². The predicted octanol–water partition coefficient (Wildman–Crippen LogP) is 6.24. The number of rotatable bonds is 6. The average molecular weight is 496 g/mol. The Bertz CT molecular complexity index is 1060. The second kappa shape index (κ2) is 9.87. The number of carbonyl (C=O) groups is 1. The Morgan fingerprint density at radius 1 is 1.07 bits per heavy atom. The smallest absolute Gasteiger partial charge is 0.271 e. The summed E-state index contributed by atoms with van der Waals surface area (Å²) in [4.78, 5) is 12.1. The van der Waals surface area contributed by atoms with E-state index in [9.17, 15) is 9.18 Å². The number of hydrogen-bond donors (Lipinski definition) is 1. The Morgan fingerprint density at radius 3 is 2.52 bits per heavy atom. The van der Waals surface area contributed by atoms with Gasteiger partial charge in [0.15, 0.2) is 0 Å². The van der Waals surface area contributed by atoms with Gasteiger partial charge in [-0.15, -0.1) is 0 Å². The van der Waals surface area contributed by atoms with E-state index in [1.807, 2.05) is 0 Å². The largest absolute Gasteiger partial charge is 0.488 e. The molecule has 3 aromatic rings. The molecule has 0 heterocycles. The van der Waals surface area contributed by atoms with E-state index in [2.05, 4.69) is 26.5 Å². The second-order valence-corrected chi connectivity index (χ2v) is 7.60. The normalized spacial score (nSPS) is 10.9. The maximum atomic E-state index is 12.9. The topological polar surface area (TPSA) is 50.7 Å². The summed E-state index contributed by atoms with van der Waals surface area (Å²) in [7, 11) is 0. The van der Waals surface area contributed by atoms with E-state index in [1.165, 1.54) is 24.4 Å². The molecule has 0 saturated heterocycles. The minimum Gasteiger partial charge on any atom is -0.488 e. The third-order valence-electron chi connectivity index (χ3n) is 3.83. The zero-order chi connectivity index (χ0) is 20.8. The van der Waals surface area contributed by atoms with Gasteiger partial charge < -0.3 is 4.74 Å². The molecule has 0 bridgehead atoms. The zero-order valence-corrected chi connectivity index (χ0v) is 17.9. The fourth-order valence-corrected chi connectivity index (χ4v) is 3.13. The maximum Gasteiger partial charge on any atom is 0.271 e. The van der Waals surface area contributed by atoms with Crippen LogP contribution in [0.5, 0.6) is 5.75 Å². The molecule has 0 unspecified atom stereocenters. The van der Waals surface area contributed by atoms with Crippen molar-refractivity contribution in [3.63, 3.8) is 0 Å². The number of amides is 1. The molecule has 1 N–H and O–H groups in total. The summed E-state index contributed by atoms with van der Waals surface area (Å²) in [6, 6.07) is 16.1. The van der Waals surface area contributed by atoms with Crippen LogP contribution in [0.2, 0.25) is 10.0 Å².